The minimum Gasteiger partial charge on any atom is -0.383 e. The fourth-order valence-electron chi connectivity index (χ4n) is 2.01. The molecule has 0 bridgehead atoms. The van der Waals surface area contributed by atoms with Gasteiger partial charge in [-0.2, -0.15) is 0 Å². The summed E-state index contributed by atoms with van der Waals surface area (Å²) in [6.07, 6.45) is 2.79. The van der Waals surface area contributed by atoms with Gasteiger partial charge in [-0.05, 0) is 18.4 Å². The first kappa shape index (κ1) is 14.0. The molecular weight excluding hydrogens is 240 g/mol. The molecule has 19 heavy (non-hydrogen) atoms. The lowest BCUT2D eigenvalue weighted by molar-refractivity contribution is -0.121. The minimum atomic E-state index is 0.138. The second kappa shape index (κ2) is 7.26. The highest BCUT2D eigenvalue weighted by Gasteiger charge is 2.22. The Morgan fingerprint density at radius 1 is 1.37 bits per heavy atom. The first-order valence-electron chi connectivity index (χ1n) is 6.86. The Morgan fingerprint density at radius 2 is 2.11 bits per heavy atom. The van der Waals surface area contributed by atoms with Crippen molar-refractivity contribution < 1.29 is 9.53 Å². The number of carbonyl (C=O) groups excluding carboxylic acids is 1. The summed E-state index contributed by atoms with van der Waals surface area (Å²) in [5.41, 5.74) is 1.19. The molecule has 1 saturated carbocycles. The van der Waals surface area contributed by atoms with Gasteiger partial charge in [-0.25, -0.2) is 0 Å². The van der Waals surface area contributed by atoms with Crippen molar-refractivity contribution in [2.75, 3.05) is 20.3 Å². The molecule has 4 nitrogen and oxygen atoms in total. The third kappa shape index (κ3) is 5.01. The monoisotopic (exact) mass is 262 g/mol. The summed E-state index contributed by atoms with van der Waals surface area (Å²) in [7, 11) is 1.69. The summed E-state index contributed by atoms with van der Waals surface area (Å²) >= 11 is 0. The number of hydrogen-bond acceptors (Lipinski definition) is 3. The fourth-order valence-corrected chi connectivity index (χ4v) is 2.01. The predicted octanol–water partition coefficient (Wildman–Crippen LogP) is 1.63. The van der Waals surface area contributed by atoms with Crippen molar-refractivity contribution in [1.29, 1.82) is 0 Å². The zero-order valence-corrected chi connectivity index (χ0v) is 11.4. The van der Waals surface area contributed by atoms with E-state index in [1.54, 1.807) is 7.11 Å². The molecule has 1 fully saturated rings. The molecule has 104 valence electrons. The molecule has 1 amide bonds. The molecule has 1 unspecified atom stereocenters. The Labute approximate surface area is 114 Å². The maximum absolute atomic E-state index is 11.6. The van der Waals surface area contributed by atoms with Crippen LogP contribution in [0, 0.1) is 0 Å². The normalized spacial score (nSPS) is 16.1. The van der Waals surface area contributed by atoms with E-state index in [0.717, 1.165) is 12.8 Å². The molecule has 1 aromatic carbocycles. The SMILES string of the molecule is COCC(NCCC(=O)NC1CC1)c1ccccc1. The van der Waals surface area contributed by atoms with Crippen LogP contribution >= 0.6 is 0 Å². The molecule has 1 aliphatic rings. The van der Waals surface area contributed by atoms with Gasteiger partial charge in [0.1, 0.15) is 0 Å². The van der Waals surface area contributed by atoms with E-state index in [-0.39, 0.29) is 11.9 Å². The fraction of sp³-hybridized carbons (Fsp3) is 0.533. The second-order valence-electron chi connectivity index (χ2n) is 4.96. The van der Waals surface area contributed by atoms with E-state index in [0.29, 0.717) is 25.6 Å². The standard InChI is InChI=1S/C15H22N2O2/c1-19-11-14(12-5-3-2-4-6-12)16-10-9-15(18)17-13-7-8-13/h2-6,13-14,16H,7-11H2,1H3,(H,17,18). The van der Waals surface area contributed by atoms with Gasteiger partial charge in [0.05, 0.1) is 12.6 Å². The van der Waals surface area contributed by atoms with Crippen LogP contribution in [0.1, 0.15) is 30.9 Å². The van der Waals surface area contributed by atoms with E-state index in [1.807, 2.05) is 18.2 Å². The molecule has 1 atom stereocenters. The summed E-state index contributed by atoms with van der Waals surface area (Å²) in [5.74, 6) is 0.138. The van der Waals surface area contributed by atoms with Crippen molar-refractivity contribution in [3.05, 3.63) is 35.9 Å². The first-order valence-corrected chi connectivity index (χ1v) is 6.86. The molecule has 2 rings (SSSR count). The average Bonchev–Trinajstić information content (AvgIpc) is 3.23. The molecule has 4 heteroatoms. The van der Waals surface area contributed by atoms with Crippen LogP contribution in [0.3, 0.4) is 0 Å². The number of methoxy groups -OCH3 is 1. The molecule has 0 spiro atoms. The van der Waals surface area contributed by atoms with Crippen molar-refractivity contribution >= 4 is 5.91 Å². The van der Waals surface area contributed by atoms with Crippen LogP contribution < -0.4 is 10.6 Å². The number of benzene rings is 1. The molecular formula is C15H22N2O2. The van der Waals surface area contributed by atoms with Gasteiger partial charge in [0.25, 0.3) is 0 Å². The Balaban J connectivity index is 1.75. The van der Waals surface area contributed by atoms with E-state index in [9.17, 15) is 4.79 Å². The molecule has 0 aliphatic heterocycles. The summed E-state index contributed by atoms with van der Waals surface area (Å²) < 4.78 is 5.23. The molecule has 0 aromatic heterocycles. The molecule has 0 saturated heterocycles. The molecule has 2 N–H and O–H groups in total. The Hall–Kier alpha value is -1.39. The van der Waals surface area contributed by atoms with E-state index < -0.39 is 0 Å². The summed E-state index contributed by atoms with van der Waals surface area (Å²) in [5, 5.41) is 6.36. The summed E-state index contributed by atoms with van der Waals surface area (Å²) in [4.78, 5) is 11.6. The molecule has 0 radical (unpaired) electrons. The predicted molar refractivity (Wildman–Crippen MR) is 74.8 cm³/mol. The lowest BCUT2D eigenvalue weighted by Gasteiger charge is -2.18. The van der Waals surface area contributed by atoms with Crippen LogP contribution in [0.15, 0.2) is 30.3 Å². The Morgan fingerprint density at radius 3 is 2.74 bits per heavy atom. The van der Waals surface area contributed by atoms with Crippen molar-refractivity contribution in [2.24, 2.45) is 0 Å². The zero-order valence-electron chi connectivity index (χ0n) is 11.4. The Kier molecular flexibility index (Phi) is 5.36. The third-order valence-electron chi connectivity index (χ3n) is 3.22. The van der Waals surface area contributed by atoms with E-state index in [4.69, 9.17) is 4.74 Å². The first-order chi connectivity index (χ1) is 9.29. The van der Waals surface area contributed by atoms with Crippen molar-refractivity contribution in [1.82, 2.24) is 10.6 Å². The minimum absolute atomic E-state index is 0.138. The highest BCUT2D eigenvalue weighted by Crippen LogP contribution is 2.18. The molecule has 1 aromatic rings. The van der Waals surface area contributed by atoms with Gasteiger partial charge >= 0.3 is 0 Å². The smallest absolute Gasteiger partial charge is 0.221 e. The van der Waals surface area contributed by atoms with Crippen molar-refractivity contribution in [2.45, 2.75) is 31.3 Å². The van der Waals surface area contributed by atoms with Gasteiger partial charge in [0.15, 0.2) is 0 Å². The van der Waals surface area contributed by atoms with E-state index in [2.05, 4.69) is 22.8 Å². The topological polar surface area (TPSA) is 50.4 Å². The van der Waals surface area contributed by atoms with E-state index >= 15 is 0 Å². The van der Waals surface area contributed by atoms with Crippen LogP contribution in [-0.4, -0.2) is 32.2 Å². The van der Waals surface area contributed by atoms with Crippen LogP contribution in [0.5, 0.6) is 0 Å². The number of carbonyl (C=O) groups is 1. The Bertz CT molecular complexity index is 390. The third-order valence-corrected chi connectivity index (χ3v) is 3.22. The molecule has 1 aliphatic carbocycles. The van der Waals surface area contributed by atoms with Crippen molar-refractivity contribution in [3.63, 3.8) is 0 Å². The maximum Gasteiger partial charge on any atom is 0.221 e. The van der Waals surface area contributed by atoms with Crippen LogP contribution in [-0.2, 0) is 9.53 Å². The maximum atomic E-state index is 11.6. The number of hydrogen-bond donors (Lipinski definition) is 2. The van der Waals surface area contributed by atoms with Gasteiger partial charge in [-0.15, -0.1) is 0 Å². The summed E-state index contributed by atoms with van der Waals surface area (Å²) in [6, 6.07) is 10.7. The zero-order chi connectivity index (χ0) is 13.5. The number of rotatable bonds is 8. The van der Waals surface area contributed by atoms with Crippen LogP contribution in [0.25, 0.3) is 0 Å². The highest BCUT2D eigenvalue weighted by molar-refractivity contribution is 5.76. The number of ether oxygens (including phenoxy) is 1. The average molecular weight is 262 g/mol. The van der Waals surface area contributed by atoms with Gasteiger partial charge in [-0.3, -0.25) is 4.79 Å². The lowest BCUT2D eigenvalue weighted by Crippen LogP contribution is -2.32. The number of amides is 1. The highest BCUT2D eigenvalue weighted by atomic mass is 16.5. The van der Waals surface area contributed by atoms with Crippen LogP contribution in [0.4, 0.5) is 0 Å². The lowest BCUT2D eigenvalue weighted by atomic mass is 10.1. The summed E-state index contributed by atoms with van der Waals surface area (Å²) in [6.45, 7) is 1.27. The number of nitrogens with one attached hydrogen (secondary N) is 2. The quantitative estimate of drug-likeness (QED) is 0.748. The van der Waals surface area contributed by atoms with Gasteiger partial charge in [0.2, 0.25) is 5.91 Å². The van der Waals surface area contributed by atoms with Gasteiger partial charge < -0.3 is 15.4 Å². The molecule has 0 heterocycles. The van der Waals surface area contributed by atoms with Crippen LogP contribution in [0.2, 0.25) is 0 Å². The van der Waals surface area contributed by atoms with Gasteiger partial charge in [-0.1, -0.05) is 30.3 Å². The second-order valence-corrected chi connectivity index (χ2v) is 4.96. The largest absolute Gasteiger partial charge is 0.383 e. The van der Waals surface area contributed by atoms with Crippen molar-refractivity contribution in [3.8, 4) is 0 Å². The van der Waals surface area contributed by atoms with Gasteiger partial charge in [0, 0.05) is 26.1 Å². The van der Waals surface area contributed by atoms with E-state index in [1.165, 1.54) is 5.56 Å².